The van der Waals surface area contributed by atoms with Gasteiger partial charge in [-0.2, -0.15) is 0 Å². The first-order valence-corrected chi connectivity index (χ1v) is 6.80. The van der Waals surface area contributed by atoms with Gasteiger partial charge >= 0.3 is 0 Å². The molecular weight excluding hydrogens is 216 g/mol. The fraction of sp³-hybridized carbons (Fsp3) is 0.333. The smallest absolute Gasteiger partial charge is 0.00577 e. The van der Waals surface area contributed by atoms with Crippen LogP contribution in [0, 0.1) is 0 Å². The van der Waals surface area contributed by atoms with E-state index in [9.17, 15) is 0 Å². The minimum Gasteiger partial charge on any atom is -0.0877 e. The summed E-state index contributed by atoms with van der Waals surface area (Å²) in [7, 11) is 0. The maximum Gasteiger partial charge on any atom is 0.00577 e. The van der Waals surface area contributed by atoms with Gasteiger partial charge in [0.1, 0.15) is 0 Å². The largest absolute Gasteiger partial charge is 0.0877 e. The van der Waals surface area contributed by atoms with Crippen LogP contribution < -0.4 is 0 Å². The third kappa shape index (κ3) is 5.67. The molecule has 0 nitrogen and oxygen atoms in total. The van der Waals surface area contributed by atoms with E-state index in [1.54, 1.807) is 0 Å². The zero-order valence-electron chi connectivity index (χ0n) is 12.4. The molecule has 0 N–H and O–H groups in total. The predicted octanol–water partition coefficient (Wildman–Crippen LogP) is 5.89. The summed E-state index contributed by atoms with van der Waals surface area (Å²) in [6.07, 6.45) is 10.5. The summed E-state index contributed by atoms with van der Waals surface area (Å²) in [6.45, 7) is 10.4. The van der Waals surface area contributed by atoms with Crippen LogP contribution in [0.25, 0.3) is 0 Å². The Labute approximate surface area is 113 Å². The molecule has 1 unspecified atom stereocenters. The lowest BCUT2D eigenvalue weighted by Crippen LogP contribution is -1.95. The second-order valence-corrected chi connectivity index (χ2v) is 3.81. The Morgan fingerprint density at radius 2 is 1.61 bits per heavy atom. The lowest BCUT2D eigenvalue weighted by Gasteiger charge is -2.12. The zero-order chi connectivity index (χ0) is 13.8. The van der Waals surface area contributed by atoms with E-state index in [-0.39, 0.29) is 0 Å². The molecule has 0 bridgehead atoms. The van der Waals surface area contributed by atoms with Crippen molar-refractivity contribution in [3.8, 4) is 0 Å². The fourth-order valence-electron chi connectivity index (χ4n) is 1.70. The van der Waals surface area contributed by atoms with Crippen molar-refractivity contribution in [1.29, 1.82) is 0 Å². The SMILES string of the molecule is CC.C\C=C/C=C\C(=C/C)C(C)c1ccccc1. The predicted molar refractivity (Wildman–Crippen MR) is 83.9 cm³/mol. The van der Waals surface area contributed by atoms with Crippen molar-refractivity contribution < 1.29 is 0 Å². The van der Waals surface area contributed by atoms with E-state index in [1.165, 1.54) is 11.1 Å². The van der Waals surface area contributed by atoms with Crippen LogP contribution in [-0.4, -0.2) is 0 Å². The molecule has 0 heterocycles. The van der Waals surface area contributed by atoms with Gasteiger partial charge in [0.15, 0.2) is 0 Å². The van der Waals surface area contributed by atoms with Crippen molar-refractivity contribution >= 4 is 0 Å². The van der Waals surface area contributed by atoms with Crippen LogP contribution in [0.1, 0.15) is 46.1 Å². The molecule has 1 atom stereocenters. The first-order chi connectivity index (χ1) is 8.79. The number of allylic oxidation sites excluding steroid dienone is 6. The summed E-state index contributed by atoms with van der Waals surface area (Å²) >= 11 is 0. The highest BCUT2D eigenvalue weighted by molar-refractivity contribution is 5.34. The second kappa shape index (κ2) is 10.6. The molecule has 0 heteroatoms. The van der Waals surface area contributed by atoms with Crippen molar-refractivity contribution in [3.05, 3.63) is 71.8 Å². The Balaban J connectivity index is 0.00000137. The molecule has 0 spiro atoms. The van der Waals surface area contributed by atoms with Crippen LogP contribution in [0.3, 0.4) is 0 Å². The van der Waals surface area contributed by atoms with Gasteiger partial charge in [-0.25, -0.2) is 0 Å². The molecule has 0 fully saturated rings. The van der Waals surface area contributed by atoms with Gasteiger partial charge in [-0.15, -0.1) is 0 Å². The molecule has 1 aromatic rings. The molecule has 0 aliphatic carbocycles. The van der Waals surface area contributed by atoms with Crippen LogP contribution in [-0.2, 0) is 0 Å². The van der Waals surface area contributed by atoms with Gasteiger partial charge in [0.25, 0.3) is 0 Å². The zero-order valence-corrected chi connectivity index (χ0v) is 12.4. The van der Waals surface area contributed by atoms with Crippen molar-refractivity contribution in [2.45, 2.75) is 40.5 Å². The summed E-state index contributed by atoms with van der Waals surface area (Å²) in [5.74, 6) is 0.452. The van der Waals surface area contributed by atoms with Gasteiger partial charge in [0.2, 0.25) is 0 Å². The molecule has 0 saturated heterocycles. The quantitative estimate of drug-likeness (QED) is 0.577. The van der Waals surface area contributed by atoms with Crippen LogP contribution in [0.4, 0.5) is 0 Å². The molecule has 0 aliphatic heterocycles. The van der Waals surface area contributed by atoms with Crippen LogP contribution in [0.15, 0.2) is 66.3 Å². The molecule has 0 radical (unpaired) electrons. The number of hydrogen-bond acceptors (Lipinski definition) is 0. The van der Waals surface area contributed by atoms with Gasteiger partial charge in [-0.1, -0.05) is 81.5 Å². The highest BCUT2D eigenvalue weighted by Crippen LogP contribution is 2.24. The van der Waals surface area contributed by atoms with Crippen molar-refractivity contribution in [3.63, 3.8) is 0 Å². The van der Waals surface area contributed by atoms with Gasteiger partial charge in [0.05, 0.1) is 0 Å². The van der Waals surface area contributed by atoms with E-state index in [4.69, 9.17) is 0 Å². The average Bonchev–Trinajstić information content (AvgIpc) is 2.46. The Morgan fingerprint density at radius 3 is 2.11 bits per heavy atom. The minimum atomic E-state index is 0.452. The monoisotopic (exact) mass is 242 g/mol. The van der Waals surface area contributed by atoms with Crippen molar-refractivity contribution in [2.75, 3.05) is 0 Å². The van der Waals surface area contributed by atoms with E-state index in [2.05, 4.69) is 68.5 Å². The van der Waals surface area contributed by atoms with Gasteiger partial charge < -0.3 is 0 Å². The molecular formula is C18H26. The first kappa shape index (κ1) is 16.4. The molecule has 0 aliphatic rings. The van der Waals surface area contributed by atoms with Crippen molar-refractivity contribution in [1.82, 2.24) is 0 Å². The maximum atomic E-state index is 2.24. The van der Waals surface area contributed by atoms with Gasteiger partial charge in [-0.3, -0.25) is 0 Å². The molecule has 0 saturated carbocycles. The van der Waals surface area contributed by atoms with Crippen LogP contribution >= 0.6 is 0 Å². The van der Waals surface area contributed by atoms with Crippen LogP contribution in [0.5, 0.6) is 0 Å². The molecule has 1 aromatic carbocycles. The Bertz CT molecular complexity index is 380. The second-order valence-electron chi connectivity index (χ2n) is 3.81. The third-order valence-electron chi connectivity index (χ3n) is 2.73. The summed E-state index contributed by atoms with van der Waals surface area (Å²) in [6, 6.07) is 10.6. The number of rotatable bonds is 4. The fourth-order valence-corrected chi connectivity index (χ4v) is 1.70. The summed E-state index contributed by atoms with van der Waals surface area (Å²) < 4.78 is 0. The molecule has 1 rings (SSSR count). The molecule has 0 amide bonds. The molecule has 18 heavy (non-hydrogen) atoms. The van der Waals surface area contributed by atoms with Gasteiger partial charge in [-0.05, 0) is 25.0 Å². The lowest BCUT2D eigenvalue weighted by molar-refractivity contribution is 0.918. The number of hydrogen-bond donors (Lipinski definition) is 0. The maximum absolute atomic E-state index is 2.24. The average molecular weight is 242 g/mol. The highest BCUT2D eigenvalue weighted by atomic mass is 14.1. The number of benzene rings is 1. The molecule has 98 valence electrons. The van der Waals surface area contributed by atoms with E-state index < -0.39 is 0 Å². The first-order valence-electron chi connectivity index (χ1n) is 6.80. The lowest BCUT2D eigenvalue weighted by atomic mass is 9.92. The van der Waals surface area contributed by atoms with Gasteiger partial charge in [0, 0.05) is 5.92 Å². The third-order valence-corrected chi connectivity index (χ3v) is 2.73. The van der Waals surface area contributed by atoms with E-state index in [0.717, 1.165) is 0 Å². The topological polar surface area (TPSA) is 0 Å². The molecule has 0 aromatic heterocycles. The summed E-state index contributed by atoms with van der Waals surface area (Å²) in [5.41, 5.74) is 2.71. The Morgan fingerprint density at radius 1 is 1.00 bits per heavy atom. The summed E-state index contributed by atoms with van der Waals surface area (Å²) in [4.78, 5) is 0. The van der Waals surface area contributed by atoms with E-state index in [0.29, 0.717) is 5.92 Å². The summed E-state index contributed by atoms with van der Waals surface area (Å²) in [5, 5.41) is 0. The van der Waals surface area contributed by atoms with E-state index in [1.807, 2.05) is 26.8 Å². The normalized spacial score (nSPS) is 13.5. The standard InChI is InChI=1S/C16H20.C2H6/c1-4-6-8-11-15(5-2)14(3)16-12-9-7-10-13-16;1-2/h4-14H,1-3H3;1-2H3/b6-4-,11-8-,15-5+;. The Hall–Kier alpha value is -1.56. The minimum absolute atomic E-state index is 0.452. The van der Waals surface area contributed by atoms with E-state index >= 15 is 0 Å². The Kier molecular flexibility index (Phi) is 9.67. The van der Waals surface area contributed by atoms with Crippen LogP contribution in [0.2, 0.25) is 0 Å². The van der Waals surface area contributed by atoms with Crippen molar-refractivity contribution in [2.24, 2.45) is 0 Å². The highest BCUT2D eigenvalue weighted by Gasteiger charge is 2.06.